The fourth-order valence-corrected chi connectivity index (χ4v) is 1.76. The molecule has 72 valence electrons. The summed E-state index contributed by atoms with van der Waals surface area (Å²) in [6.07, 6.45) is 1.12. The molecule has 2 nitrogen and oxygen atoms in total. The van der Waals surface area contributed by atoms with Crippen molar-refractivity contribution in [1.29, 1.82) is 0 Å². The van der Waals surface area contributed by atoms with Gasteiger partial charge in [-0.15, -0.1) is 12.4 Å². The van der Waals surface area contributed by atoms with Gasteiger partial charge in [0.05, 0.1) is 6.61 Å². The van der Waals surface area contributed by atoms with E-state index < -0.39 is 0 Å². The first-order valence-corrected chi connectivity index (χ1v) is 4.35. The molecule has 0 atom stereocenters. The average molecular weight is 200 g/mol. The van der Waals surface area contributed by atoms with Gasteiger partial charge in [-0.25, -0.2) is 0 Å². The van der Waals surface area contributed by atoms with Crippen molar-refractivity contribution in [2.75, 3.05) is 24.6 Å². The molecule has 0 radical (unpaired) electrons. The molecule has 0 fully saturated rings. The topological polar surface area (TPSA) is 23.5 Å². The molecule has 0 bridgehead atoms. The Hall–Kier alpha value is -0.730. The van der Waals surface area contributed by atoms with Gasteiger partial charge in [-0.2, -0.15) is 0 Å². The number of fused-ring (bicyclic) bond motifs is 1. The number of benzene rings is 1. The van der Waals surface area contributed by atoms with E-state index >= 15 is 0 Å². The maximum Gasteiger partial charge on any atom is 0.0606 e. The third-order valence-corrected chi connectivity index (χ3v) is 2.35. The van der Waals surface area contributed by atoms with Crippen molar-refractivity contribution >= 4 is 18.1 Å². The summed E-state index contributed by atoms with van der Waals surface area (Å²) in [4.78, 5) is 2.23. The number of hydrogen-bond acceptors (Lipinski definition) is 2. The standard InChI is InChI=1S/C10H13NO.ClH/c12-8-7-11-6-5-9-3-1-2-4-10(9)11;/h1-4,12H,5-8H2;1H. The molecule has 0 aliphatic carbocycles. The Morgan fingerprint density at radius 3 is 2.85 bits per heavy atom. The SMILES string of the molecule is Cl.OCCN1CCc2ccccc21. The molecule has 0 aromatic heterocycles. The van der Waals surface area contributed by atoms with Gasteiger partial charge in [0.15, 0.2) is 0 Å². The van der Waals surface area contributed by atoms with Crippen molar-refractivity contribution in [3.05, 3.63) is 29.8 Å². The second kappa shape index (κ2) is 4.49. The number of hydrogen-bond donors (Lipinski definition) is 1. The predicted octanol–water partition coefficient (Wildman–Crippen LogP) is 1.46. The second-order valence-electron chi connectivity index (χ2n) is 3.09. The largest absolute Gasteiger partial charge is 0.395 e. The highest BCUT2D eigenvalue weighted by Crippen LogP contribution is 2.26. The summed E-state index contributed by atoms with van der Waals surface area (Å²) in [6.45, 7) is 2.06. The highest BCUT2D eigenvalue weighted by atomic mass is 35.5. The molecule has 1 aliphatic rings. The summed E-state index contributed by atoms with van der Waals surface area (Å²) in [5.74, 6) is 0. The number of halogens is 1. The van der Waals surface area contributed by atoms with Crippen LogP contribution in [-0.2, 0) is 6.42 Å². The number of rotatable bonds is 2. The van der Waals surface area contributed by atoms with E-state index in [1.807, 2.05) is 0 Å². The molecule has 1 aliphatic heterocycles. The zero-order valence-corrected chi connectivity index (χ0v) is 8.26. The molecule has 1 aromatic carbocycles. The van der Waals surface area contributed by atoms with Crippen LogP contribution in [0.1, 0.15) is 5.56 Å². The molecule has 3 heteroatoms. The number of para-hydroxylation sites is 1. The average Bonchev–Trinajstić information content (AvgIpc) is 2.50. The molecule has 0 unspecified atom stereocenters. The van der Waals surface area contributed by atoms with Crippen LogP contribution in [0.4, 0.5) is 5.69 Å². The van der Waals surface area contributed by atoms with Crippen LogP contribution in [0.3, 0.4) is 0 Å². The molecule has 1 aromatic rings. The van der Waals surface area contributed by atoms with Crippen molar-refractivity contribution in [3.63, 3.8) is 0 Å². The first-order chi connectivity index (χ1) is 5.92. The van der Waals surface area contributed by atoms with Gasteiger partial charge in [0.1, 0.15) is 0 Å². The van der Waals surface area contributed by atoms with Crippen molar-refractivity contribution in [3.8, 4) is 0 Å². The summed E-state index contributed by atoms with van der Waals surface area (Å²) in [5.41, 5.74) is 2.71. The number of anilines is 1. The van der Waals surface area contributed by atoms with Crippen molar-refractivity contribution in [2.45, 2.75) is 6.42 Å². The van der Waals surface area contributed by atoms with Crippen LogP contribution >= 0.6 is 12.4 Å². The van der Waals surface area contributed by atoms with Gasteiger partial charge in [-0.05, 0) is 18.1 Å². The fourth-order valence-electron chi connectivity index (χ4n) is 1.76. The molecule has 0 amide bonds. The number of β-amino-alcohol motifs (C(OH)–C–C–N with tert-alkyl or cyclic N) is 1. The van der Waals surface area contributed by atoms with E-state index in [0.717, 1.165) is 19.5 Å². The van der Waals surface area contributed by atoms with Crippen LogP contribution in [0.25, 0.3) is 0 Å². The molecule has 1 N–H and O–H groups in total. The van der Waals surface area contributed by atoms with Crippen molar-refractivity contribution in [2.24, 2.45) is 0 Å². The summed E-state index contributed by atoms with van der Waals surface area (Å²) < 4.78 is 0. The molecule has 0 saturated heterocycles. The minimum absolute atomic E-state index is 0. The van der Waals surface area contributed by atoms with E-state index in [2.05, 4.69) is 29.2 Å². The Bertz CT molecular complexity index is 275. The summed E-state index contributed by atoms with van der Waals surface area (Å²) in [5, 5.41) is 8.81. The molecule has 2 rings (SSSR count). The van der Waals surface area contributed by atoms with Crippen LogP contribution in [-0.4, -0.2) is 24.8 Å². The van der Waals surface area contributed by atoms with Gasteiger partial charge in [0.25, 0.3) is 0 Å². The lowest BCUT2D eigenvalue weighted by Crippen LogP contribution is -2.23. The van der Waals surface area contributed by atoms with E-state index in [0.29, 0.717) is 0 Å². The molecule has 0 spiro atoms. The highest BCUT2D eigenvalue weighted by molar-refractivity contribution is 5.85. The van der Waals surface area contributed by atoms with Crippen molar-refractivity contribution in [1.82, 2.24) is 0 Å². The first kappa shape index (κ1) is 10.4. The number of aliphatic hydroxyl groups excluding tert-OH is 1. The second-order valence-corrected chi connectivity index (χ2v) is 3.09. The van der Waals surface area contributed by atoms with E-state index in [9.17, 15) is 0 Å². The minimum Gasteiger partial charge on any atom is -0.395 e. The van der Waals surface area contributed by atoms with Gasteiger partial charge in [0.2, 0.25) is 0 Å². The lowest BCUT2D eigenvalue weighted by atomic mass is 10.2. The van der Waals surface area contributed by atoms with Gasteiger partial charge in [0, 0.05) is 18.8 Å². The monoisotopic (exact) mass is 199 g/mol. The van der Waals surface area contributed by atoms with E-state index in [-0.39, 0.29) is 19.0 Å². The van der Waals surface area contributed by atoms with E-state index in [1.165, 1.54) is 11.3 Å². The zero-order valence-electron chi connectivity index (χ0n) is 7.44. The zero-order chi connectivity index (χ0) is 8.39. The molecule has 0 saturated carbocycles. The van der Waals surface area contributed by atoms with E-state index in [1.54, 1.807) is 0 Å². The van der Waals surface area contributed by atoms with Gasteiger partial charge < -0.3 is 10.0 Å². The van der Waals surface area contributed by atoms with E-state index in [4.69, 9.17) is 5.11 Å². The molecule has 1 heterocycles. The van der Waals surface area contributed by atoms with Gasteiger partial charge >= 0.3 is 0 Å². The van der Waals surface area contributed by atoms with Crippen LogP contribution in [0.5, 0.6) is 0 Å². The Kier molecular flexibility index (Phi) is 3.58. The normalized spacial score (nSPS) is 13.8. The smallest absolute Gasteiger partial charge is 0.0606 e. The summed E-state index contributed by atoms with van der Waals surface area (Å²) >= 11 is 0. The molecule has 13 heavy (non-hydrogen) atoms. The Balaban J connectivity index is 0.000000845. The van der Waals surface area contributed by atoms with Crippen LogP contribution in [0.2, 0.25) is 0 Å². The lowest BCUT2D eigenvalue weighted by molar-refractivity contribution is 0.303. The Labute approximate surface area is 84.6 Å². The van der Waals surface area contributed by atoms with Gasteiger partial charge in [-0.1, -0.05) is 18.2 Å². The Morgan fingerprint density at radius 1 is 1.31 bits per heavy atom. The highest BCUT2D eigenvalue weighted by Gasteiger charge is 2.16. The van der Waals surface area contributed by atoms with Crippen LogP contribution in [0.15, 0.2) is 24.3 Å². The summed E-state index contributed by atoms with van der Waals surface area (Å²) in [6, 6.07) is 8.40. The minimum atomic E-state index is 0. The third kappa shape index (κ3) is 1.95. The third-order valence-electron chi connectivity index (χ3n) is 2.35. The fraction of sp³-hybridized carbons (Fsp3) is 0.400. The van der Waals surface area contributed by atoms with Crippen molar-refractivity contribution < 1.29 is 5.11 Å². The summed E-state index contributed by atoms with van der Waals surface area (Å²) in [7, 11) is 0. The Morgan fingerprint density at radius 2 is 2.08 bits per heavy atom. The number of nitrogens with zero attached hydrogens (tertiary/aromatic N) is 1. The number of aliphatic hydroxyl groups is 1. The van der Waals surface area contributed by atoms with Crippen LogP contribution < -0.4 is 4.90 Å². The van der Waals surface area contributed by atoms with Crippen LogP contribution in [0, 0.1) is 0 Å². The lowest BCUT2D eigenvalue weighted by Gasteiger charge is -2.17. The molecular formula is C10H14ClNO. The first-order valence-electron chi connectivity index (χ1n) is 4.35. The quantitative estimate of drug-likeness (QED) is 0.780. The molecular weight excluding hydrogens is 186 g/mol. The maximum absolute atomic E-state index is 8.81. The predicted molar refractivity (Wildman–Crippen MR) is 56.7 cm³/mol. The maximum atomic E-state index is 8.81. The van der Waals surface area contributed by atoms with Gasteiger partial charge in [-0.3, -0.25) is 0 Å².